The molecule has 3 amide bonds. The molecule has 0 aliphatic heterocycles. The van der Waals surface area contributed by atoms with E-state index in [0.29, 0.717) is 25.9 Å². The van der Waals surface area contributed by atoms with Crippen LogP contribution in [0, 0.1) is 29.1 Å². The molecule has 184 valence electrons. The minimum atomic E-state index is -0.542. The van der Waals surface area contributed by atoms with Gasteiger partial charge in [-0.05, 0) is 88.0 Å². The maximum Gasteiger partial charge on any atom is 0.407 e. The van der Waals surface area contributed by atoms with E-state index in [1.165, 1.54) is 0 Å². The van der Waals surface area contributed by atoms with E-state index in [-0.39, 0.29) is 29.1 Å². The number of primary amides is 1. The van der Waals surface area contributed by atoms with Gasteiger partial charge in [-0.3, -0.25) is 9.59 Å². The first kappa shape index (κ1) is 24.8. The summed E-state index contributed by atoms with van der Waals surface area (Å²) in [5.41, 5.74) is 6.15. The molecule has 4 rings (SSSR count). The van der Waals surface area contributed by atoms with E-state index in [0.717, 1.165) is 23.0 Å². The van der Waals surface area contributed by atoms with Crippen molar-refractivity contribution in [2.24, 2.45) is 34.8 Å². The van der Waals surface area contributed by atoms with Crippen LogP contribution in [0.3, 0.4) is 0 Å². The number of benzene rings is 1. The quantitative estimate of drug-likeness (QED) is 0.383. The summed E-state index contributed by atoms with van der Waals surface area (Å²) in [6.07, 6.45) is 7.31. The summed E-state index contributed by atoms with van der Waals surface area (Å²) < 4.78 is 6.20. The van der Waals surface area contributed by atoms with E-state index in [4.69, 9.17) is 10.5 Å². The Morgan fingerprint density at radius 2 is 1.71 bits per heavy atom. The number of rotatable bonds is 8. The molecule has 3 N–H and O–H groups in total. The number of nitrogens with one attached hydrogen (secondary N) is 1. The van der Waals surface area contributed by atoms with Gasteiger partial charge in [0.2, 0.25) is 11.8 Å². The molecule has 0 unspecified atom stereocenters. The molecule has 7 nitrogen and oxygen atoms in total. The Balaban J connectivity index is 1.45. The number of carbonyl (C=O) groups is 3. The standard InChI is InChI=1S/C26H34BrN3O4/c1-25(2,3)34-24(33)29-14-4-5-15-30(17-8-6-16(27)7-9-17)23(32)21-19-11-10-18(20(21)22(28)31)26(19)12-13-26/h6-11,18-21H,4-5,12-15H2,1-3H3,(H2,28,31)(H,29,33)/t18-,19+,20+,21+/m0/s1. The van der Waals surface area contributed by atoms with E-state index in [2.05, 4.69) is 33.4 Å². The van der Waals surface area contributed by atoms with Crippen molar-refractivity contribution < 1.29 is 19.1 Å². The molecule has 34 heavy (non-hydrogen) atoms. The van der Waals surface area contributed by atoms with Crippen LogP contribution in [0.1, 0.15) is 46.5 Å². The second-order valence-corrected chi connectivity index (χ2v) is 11.6. The molecule has 0 heterocycles. The Morgan fingerprint density at radius 1 is 1.09 bits per heavy atom. The Bertz CT molecular complexity index is 981. The van der Waals surface area contributed by atoms with E-state index >= 15 is 0 Å². The fourth-order valence-electron chi connectivity index (χ4n) is 5.79. The van der Waals surface area contributed by atoms with E-state index in [9.17, 15) is 14.4 Å². The second kappa shape index (κ2) is 9.36. The van der Waals surface area contributed by atoms with E-state index < -0.39 is 23.5 Å². The van der Waals surface area contributed by atoms with E-state index in [1.54, 1.807) is 4.90 Å². The first-order valence-corrected chi connectivity index (χ1v) is 12.8. The number of nitrogens with two attached hydrogens (primary N) is 1. The van der Waals surface area contributed by atoms with Crippen LogP contribution in [-0.2, 0) is 14.3 Å². The van der Waals surface area contributed by atoms with Gasteiger partial charge < -0.3 is 20.7 Å². The number of ether oxygens (including phenoxy) is 1. The van der Waals surface area contributed by atoms with Crippen molar-refractivity contribution in [2.45, 2.75) is 52.1 Å². The van der Waals surface area contributed by atoms with Crippen molar-refractivity contribution in [3.8, 4) is 0 Å². The first-order valence-electron chi connectivity index (χ1n) is 12.0. The molecule has 0 saturated heterocycles. The lowest BCUT2D eigenvalue weighted by atomic mass is 9.81. The number of allylic oxidation sites excluding steroid dienone is 2. The molecule has 3 aliphatic rings. The molecular weight excluding hydrogens is 498 g/mol. The highest BCUT2D eigenvalue weighted by Gasteiger charge is 2.69. The Kier molecular flexibility index (Phi) is 6.82. The predicted molar refractivity (Wildman–Crippen MR) is 134 cm³/mol. The largest absolute Gasteiger partial charge is 0.444 e. The fraction of sp³-hybridized carbons (Fsp3) is 0.577. The molecule has 0 aromatic heterocycles. The van der Waals surface area contributed by atoms with Crippen LogP contribution in [0.2, 0.25) is 0 Å². The molecule has 2 fully saturated rings. The SMILES string of the molecule is CC(C)(C)OC(=O)NCCCCN(C(=O)[C@H]1[C@H](C(N)=O)[C@@H]2C=C[C@H]1C21CC1)c1ccc(Br)cc1. The number of alkyl carbamates (subject to hydrolysis) is 1. The first-order chi connectivity index (χ1) is 16.0. The smallest absolute Gasteiger partial charge is 0.407 e. The van der Waals surface area contributed by atoms with Gasteiger partial charge in [-0.2, -0.15) is 0 Å². The number of anilines is 1. The van der Waals surface area contributed by atoms with Crippen molar-refractivity contribution in [1.82, 2.24) is 5.32 Å². The highest BCUT2D eigenvalue weighted by Crippen LogP contribution is 2.72. The summed E-state index contributed by atoms with van der Waals surface area (Å²) in [4.78, 5) is 40.1. The summed E-state index contributed by atoms with van der Waals surface area (Å²) in [6.45, 7) is 6.42. The van der Waals surface area contributed by atoms with Gasteiger partial charge in [0.1, 0.15) is 5.60 Å². The minimum Gasteiger partial charge on any atom is -0.444 e. The zero-order valence-electron chi connectivity index (χ0n) is 20.1. The summed E-state index contributed by atoms with van der Waals surface area (Å²) in [6, 6.07) is 7.65. The second-order valence-electron chi connectivity index (χ2n) is 10.7. The number of nitrogens with zero attached hydrogens (tertiary/aromatic N) is 1. The average Bonchev–Trinajstić information content (AvgIpc) is 3.42. The summed E-state index contributed by atoms with van der Waals surface area (Å²) in [5, 5.41) is 2.77. The lowest BCUT2D eigenvalue weighted by molar-refractivity contribution is -0.132. The van der Waals surface area contributed by atoms with Crippen molar-refractivity contribution in [1.29, 1.82) is 0 Å². The normalized spacial score (nSPS) is 25.9. The minimum absolute atomic E-state index is 0.0330. The molecular formula is C26H34BrN3O4. The molecule has 1 aromatic carbocycles. The third-order valence-corrected chi connectivity index (χ3v) is 7.86. The highest BCUT2D eigenvalue weighted by molar-refractivity contribution is 9.10. The molecule has 8 heteroatoms. The number of carbonyl (C=O) groups excluding carboxylic acids is 3. The topological polar surface area (TPSA) is 102 Å². The molecule has 0 radical (unpaired) electrons. The maximum absolute atomic E-state index is 14.0. The van der Waals surface area contributed by atoms with Crippen molar-refractivity contribution in [3.63, 3.8) is 0 Å². The number of unbranched alkanes of at least 4 members (excludes halogenated alkanes) is 1. The van der Waals surface area contributed by atoms with Gasteiger partial charge in [0.05, 0.1) is 11.8 Å². The van der Waals surface area contributed by atoms with Crippen molar-refractivity contribution in [2.75, 3.05) is 18.0 Å². The molecule has 3 aliphatic carbocycles. The lowest BCUT2D eigenvalue weighted by Crippen LogP contribution is -2.45. The van der Waals surface area contributed by atoms with Gasteiger partial charge in [-0.1, -0.05) is 28.1 Å². The third-order valence-electron chi connectivity index (χ3n) is 7.34. The summed E-state index contributed by atoms with van der Waals surface area (Å²) in [7, 11) is 0. The third kappa shape index (κ3) is 4.88. The fourth-order valence-corrected chi connectivity index (χ4v) is 6.05. The molecule has 4 atom stereocenters. The van der Waals surface area contributed by atoms with Gasteiger partial charge in [0.15, 0.2) is 0 Å². The van der Waals surface area contributed by atoms with Gasteiger partial charge in [0.25, 0.3) is 0 Å². The monoisotopic (exact) mass is 531 g/mol. The molecule has 2 saturated carbocycles. The Hall–Kier alpha value is -2.35. The zero-order chi connectivity index (χ0) is 24.7. The van der Waals surface area contributed by atoms with Crippen LogP contribution in [0.4, 0.5) is 10.5 Å². The van der Waals surface area contributed by atoms with Gasteiger partial charge in [0, 0.05) is 23.2 Å². The highest BCUT2D eigenvalue weighted by atomic mass is 79.9. The Morgan fingerprint density at radius 3 is 2.26 bits per heavy atom. The van der Waals surface area contributed by atoms with Crippen molar-refractivity contribution in [3.05, 3.63) is 40.9 Å². The van der Waals surface area contributed by atoms with Crippen molar-refractivity contribution >= 4 is 39.5 Å². The number of hydrogen-bond donors (Lipinski definition) is 2. The van der Waals surface area contributed by atoms with Crippen LogP contribution in [-0.4, -0.2) is 36.6 Å². The van der Waals surface area contributed by atoms with Crippen LogP contribution in [0.25, 0.3) is 0 Å². The molecule has 1 aromatic rings. The molecule has 2 bridgehead atoms. The van der Waals surface area contributed by atoms with Crippen LogP contribution in [0.5, 0.6) is 0 Å². The predicted octanol–water partition coefficient (Wildman–Crippen LogP) is 4.40. The summed E-state index contributed by atoms with van der Waals surface area (Å²) in [5.74, 6) is -1.12. The molecule has 1 spiro atoms. The van der Waals surface area contributed by atoms with Crippen LogP contribution >= 0.6 is 15.9 Å². The number of amides is 3. The van der Waals surface area contributed by atoms with Gasteiger partial charge in [-0.25, -0.2) is 4.79 Å². The van der Waals surface area contributed by atoms with Gasteiger partial charge >= 0.3 is 6.09 Å². The zero-order valence-corrected chi connectivity index (χ0v) is 21.6. The average molecular weight is 532 g/mol. The van der Waals surface area contributed by atoms with Gasteiger partial charge in [-0.15, -0.1) is 0 Å². The Labute approximate surface area is 209 Å². The van der Waals surface area contributed by atoms with Crippen LogP contribution < -0.4 is 16.0 Å². The van der Waals surface area contributed by atoms with E-state index in [1.807, 2.05) is 45.0 Å². The number of halogens is 1. The lowest BCUT2D eigenvalue weighted by Gasteiger charge is -2.31. The summed E-state index contributed by atoms with van der Waals surface area (Å²) >= 11 is 3.46. The van der Waals surface area contributed by atoms with Crippen LogP contribution in [0.15, 0.2) is 40.9 Å². The maximum atomic E-state index is 14.0. The number of hydrogen-bond acceptors (Lipinski definition) is 4.